The van der Waals surface area contributed by atoms with Crippen LogP contribution in [0.25, 0.3) is 11.2 Å². The number of halogens is 1. The molecule has 0 N–H and O–H groups in total. The predicted molar refractivity (Wildman–Crippen MR) is 110 cm³/mol. The Balaban J connectivity index is 2.02. The van der Waals surface area contributed by atoms with E-state index < -0.39 is 0 Å². The highest BCUT2D eigenvalue weighted by Gasteiger charge is 2.29. The smallest absolute Gasteiger partial charge is 0.312 e. The molecule has 0 saturated heterocycles. The van der Waals surface area contributed by atoms with Gasteiger partial charge in [-0.05, 0) is 30.2 Å². The maximum Gasteiger partial charge on any atom is 0.332 e. The molecular weight excluding hydrogens is 410 g/mol. The SMILES string of the molecule is C=CCn1c(=O)c2c(nc3n2C[C@@H](C)CN3c2ccc(Br)cc2)n(C)c1=O. The molecular formula is C19H20BrN5O2. The lowest BCUT2D eigenvalue weighted by Crippen LogP contribution is -2.40. The van der Waals surface area contributed by atoms with Gasteiger partial charge in [-0.15, -0.1) is 6.58 Å². The maximum atomic E-state index is 13.0. The highest BCUT2D eigenvalue weighted by Crippen LogP contribution is 2.33. The minimum Gasteiger partial charge on any atom is -0.312 e. The molecule has 0 saturated carbocycles. The highest BCUT2D eigenvalue weighted by atomic mass is 79.9. The van der Waals surface area contributed by atoms with E-state index in [4.69, 9.17) is 4.98 Å². The van der Waals surface area contributed by atoms with Crippen LogP contribution in [-0.2, 0) is 20.1 Å². The van der Waals surface area contributed by atoms with Crippen LogP contribution in [0, 0.1) is 5.92 Å². The summed E-state index contributed by atoms with van der Waals surface area (Å²) < 4.78 is 5.58. The van der Waals surface area contributed by atoms with Crippen LogP contribution in [0.2, 0.25) is 0 Å². The van der Waals surface area contributed by atoms with Gasteiger partial charge in [-0.25, -0.2) is 4.79 Å². The molecule has 8 heteroatoms. The molecule has 4 rings (SSSR count). The van der Waals surface area contributed by atoms with Gasteiger partial charge in [0.1, 0.15) is 0 Å². The average molecular weight is 430 g/mol. The van der Waals surface area contributed by atoms with Crippen molar-refractivity contribution in [3.8, 4) is 0 Å². The molecule has 0 fully saturated rings. The van der Waals surface area contributed by atoms with Crippen LogP contribution in [0.5, 0.6) is 0 Å². The van der Waals surface area contributed by atoms with Crippen LogP contribution in [-0.4, -0.2) is 25.2 Å². The van der Waals surface area contributed by atoms with Crippen molar-refractivity contribution in [1.82, 2.24) is 18.7 Å². The van der Waals surface area contributed by atoms with Crippen molar-refractivity contribution in [2.24, 2.45) is 13.0 Å². The second kappa shape index (κ2) is 6.53. The number of benzene rings is 1. The van der Waals surface area contributed by atoms with Crippen LogP contribution in [0.1, 0.15) is 6.92 Å². The Labute approximate surface area is 164 Å². The third-order valence-electron chi connectivity index (χ3n) is 4.89. The van der Waals surface area contributed by atoms with Gasteiger partial charge < -0.3 is 9.47 Å². The zero-order chi connectivity index (χ0) is 19.3. The first kappa shape index (κ1) is 17.8. The Morgan fingerprint density at radius 1 is 1.26 bits per heavy atom. The molecule has 1 atom stereocenters. The Bertz CT molecular complexity index is 1160. The maximum absolute atomic E-state index is 13.0. The number of rotatable bonds is 3. The zero-order valence-electron chi connectivity index (χ0n) is 15.2. The zero-order valence-corrected chi connectivity index (χ0v) is 16.8. The Morgan fingerprint density at radius 3 is 2.63 bits per heavy atom. The highest BCUT2D eigenvalue weighted by molar-refractivity contribution is 9.10. The molecule has 0 spiro atoms. The first-order valence-electron chi connectivity index (χ1n) is 8.76. The fraction of sp³-hybridized carbons (Fsp3) is 0.316. The van der Waals surface area contributed by atoms with Crippen LogP contribution in [0.4, 0.5) is 11.6 Å². The summed E-state index contributed by atoms with van der Waals surface area (Å²) in [4.78, 5) is 32.4. The predicted octanol–water partition coefficient (Wildman–Crippen LogP) is 2.63. The summed E-state index contributed by atoms with van der Waals surface area (Å²) in [5.41, 5.74) is 1.17. The van der Waals surface area contributed by atoms with Gasteiger partial charge >= 0.3 is 5.69 Å². The Hall–Kier alpha value is -2.61. The molecule has 7 nitrogen and oxygen atoms in total. The molecule has 140 valence electrons. The molecule has 0 aliphatic carbocycles. The first-order valence-corrected chi connectivity index (χ1v) is 9.55. The first-order chi connectivity index (χ1) is 12.9. The fourth-order valence-electron chi connectivity index (χ4n) is 3.63. The van der Waals surface area contributed by atoms with Gasteiger partial charge in [-0.2, -0.15) is 4.98 Å². The van der Waals surface area contributed by atoms with E-state index in [2.05, 4.69) is 34.3 Å². The minimum atomic E-state index is -0.383. The molecule has 1 aliphatic heterocycles. The van der Waals surface area contributed by atoms with Crippen LogP contribution >= 0.6 is 15.9 Å². The second-order valence-electron chi connectivity index (χ2n) is 6.93. The average Bonchev–Trinajstić information content (AvgIpc) is 3.03. The van der Waals surface area contributed by atoms with Crippen LogP contribution in [0.3, 0.4) is 0 Å². The summed E-state index contributed by atoms with van der Waals surface area (Å²) in [6, 6.07) is 7.99. The number of anilines is 2. The lowest BCUT2D eigenvalue weighted by atomic mass is 10.1. The van der Waals surface area contributed by atoms with Crippen molar-refractivity contribution in [2.45, 2.75) is 20.0 Å². The van der Waals surface area contributed by atoms with E-state index in [0.29, 0.717) is 29.6 Å². The van der Waals surface area contributed by atoms with Crippen molar-refractivity contribution in [1.29, 1.82) is 0 Å². The summed E-state index contributed by atoms with van der Waals surface area (Å²) in [5.74, 6) is 1.01. The standard InChI is InChI=1S/C19H20BrN5O2/c1-4-9-23-17(26)15-16(22(3)19(23)27)21-18-24(10-12(2)11-25(15)18)14-7-5-13(20)6-8-14/h4-8,12H,1,9-11H2,2-3H3/t12-/m0/s1. The monoisotopic (exact) mass is 429 g/mol. The van der Waals surface area contributed by atoms with Crippen molar-refractivity contribution in [3.63, 3.8) is 0 Å². The Kier molecular flexibility index (Phi) is 4.30. The third kappa shape index (κ3) is 2.75. The summed E-state index contributed by atoms with van der Waals surface area (Å²) in [5, 5.41) is 0. The third-order valence-corrected chi connectivity index (χ3v) is 5.42. The molecule has 27 heavy (non-hydrogen) atoms. The van der Waals surface area contributed by atoms with Crippen LogP contribution < -0.4 is 16.1 Å². The summed E-state index contributed by atoms with van der Waals surface area (Å²) in [6.07, 6.45) is 1.55. The number of nitrogens with zero attached hydrogens (tertiary/aromatic N) is 5. The minimum absolute atomic E-state index is 0.175. The quantitative estimate of drug-likeness (QED) is 0.600. The number of allylic oxidation sites excluding steroid dienone is 1. The lowest BCUT2D eigenvalue weighted by molar-refractivity contribution is 0.458. The molecule has 0 unspecified atom stereocenters. The van der Waals surface area contributed by atoms with E-state index in [1.54, 1.807) is 13.1 Å². The molecule has 3 heterocycles. The largest absolute Gasteiger partial charge is 0.332 e. The molecule has 0 bridgehead atoms. The fourth-order valence-corrected chi connectivity index (χ4v) is 3.90. The van der Waals surface area contributed by atoms with Crippen molar-refractivity contribution >= 4 is 38.7 Å². The molecule has 0 amide bonds. The van der Waals surface area contributed by atoms with E-state index in [0.717, 1.165) is 16.7 Å². The molecule has 0 radical (unpaired) electrons. The summed E-state index contributed by atoms with van der Waals surface area (Å²) in [7, 11) is 1.65. The van der Waals surface area contributed by atoms with Gasteiger partial charge in [-0.1, -0.05) is 28.9 Å². The number of aromatic nitrogens is 4. The van der Waals surface area contributed by atoms with E-state index in [9.17, 15) is 9.59 Å². The van der Waals surface area contributed by atoms with E-state index >= 15 is 0 Å². The van der Waals surface area contributed by atoms with Crippen LogP contribution in [0.15, 0.2) is 51.0 Å². The summed E-state index contributed by atoms with van der Waals surface area (Å²) in [6.45, 7) is 7.44. The number of aryl methyl sites for hydroxylation is 1. The van der Waals surface area contributed by atoms with Gasteiger partial charge in [-0.3, -0.25) is 13.9 Å². The van der Waals surface area contributed by atoms with E-state index in [1.165, 1.54) is 9.13 Å². The topological polar surface area (TPSA) is 65.1 Å². The van der Waals surface area contributed by atoms with Crippen molar-refractivity contribution in [2.75, 3.05) is 11.4 Å². The Morgan fingerprint density at radius 2 is 1.96 bits per heavy atom. The van der Waals surface area contributed by atoms with Crippen molar-refractivity contribution in [3.05, 3.63) is 62.2 Å². The second-order valence-corrected chi connectivity index (χ2v) is 7.85. The number of hydrogen-bond acceptors (Lipinski definition) is 4. The van der Waals surface area contributed by atoms with E-state index in [1.807, 2.05) is 28.8 Å². The van der Waals surface area contributed by atoms with Gasteiger partial charge in [0.15, 0.2) is 11.2 Å². The number of imidazole rings is 1. The van der Waals surface area contributed by atoms with Gasteiger partial charge in [0.05, 0.1) is 0 Å². The lowest BCUT2D eigenvalue weighted by Gasteiger charge is -2.33. The number of fused-ring (bicyclic) bond motifs is 3. The van der Waals surface area contributed by atoms with Gasteiger partial charge in [0.25, 0.3) is 5.56 Å². The van der Waals surface area contributed by atoms with Gasteiger partial charge in [0.2, 0.25) is 5.95 Å². The molecule has 1 aromatic carbocycles. The summed E-state index contributed by atoms with van der Waals surface area (Å²) >= 11 is 3.46. The van der Waals surface area contributed by atoms with Crippen molar-refractivity contribution < 1.29 is 0 Å². The molecule has 3 aromatic rings. The number of hydrogen-bond donors (Lipinski definition) is 0. The normalized spacial score (nSPS) is 16.6. The van der Waals surface area contributed by atoms with Gasteiger partial charge in [0, 0.05) is 36.8 Å². The molecule has 2 aromatic heterocycles. The molecule has 1 aliphatic rings. The van der Waals surface area contributed by atoms with E-state index in [-0.39, 0.29) is 17.8 Å².